The molecule has 1 atom stereocenters. The zero-order valence-corrected chi connectivity index (χ0v) is 16.0. The minimum absolute atomic E-state index is 0.167. The molecule has 0 spiro atoms. The molecule has 2 aromatic carbocycles. The minimum Gasteiger partial charge on any atom is -0.454 e. The highest BCUT2D eigenvalue weighted by atomic mass is 35.5. The Morgan fingerprint density at radius 2 is 2.00 bits per heavy atom. The number of allylic oxidation sites excluding steroid dienone is 1. The van der Waals surface area contributed by atoms with Gasteiger partial charge in [0.05, 0.1) is 5.57 Å². The van der Waals surface area contributed by atoms with Crippen LogP contribution in [0.2, 0.25) is 5.02 Å². The van der Waals surface area contributed by atoms with Crippen LogP contribution in [0, 0.1) is 0 Å². The van der Waals surface area contributed by atoms with Gasteiger partial charge in [-0.2, -0.15) is 4.68 Å². The van der Waals surface area contributed by atoms with E-state index >= 15 is 0 Å². The lowest BCUT2D eigenvalue weighted by molar-refractivity contribution is -0.113. The molecular formula is C19H15ClN6O3. The average Bonchev–Trinajstić information content (AvgIpc) is 3.36. The highest BCUT2D eigenvalue weighted by molar-refractivity contribution is 6.30. The van der Waals surface area contributed by atoms with E-state index in [0.717, 1.165) is 5.56 Å². The van der Waals surface area contributed by atoms with E-state index < -0.39 is 6.04 Å². The summed E-state index contributed by atoms with van der Waals surface area (Å²) in [7, 11) is 0. The van der Waals surface area contributed by atoms with Crippen LogP contribution in [0.4, 0.5) is 11.6 Å². The fraction of sp³-hybridized carbons (Fsp3) is 0.158. The Kier molecular flexibility index (Phi) is 4.09. The van der Waals surface area contributed by atoms with Gasteiger partial charge in [0.2, 0.25) is 12.7 Å². The van der Waals surface area contributed by atoms with E-state index in [4.69, 9.17) is 21.1 Å². The van der Waals surface area contributed by atoms with Gasteiger partial charge in [-0.3, -0.25) is 4.79 Å². The molecule has 0 fully saturated rings. The zero-order valence-electron chi connectivity index (χ0n) is 15.2. The van der Waals surface area contributed by atoms with E-state index in [1.54, 1.807) is 28.9 Å². The van der Waals surface area contributed by atoms with Gasteiger partial charge in [0.15, 0.2) is 11.5 Å². The Hall–Kier alpha value is -3.59. The summed E-state index contributed by atoms with van der Waals surface area (Å²) < 4.78 is 12.5. The lowest BCUT2D eigenvalue weighted by atomic mass is 9.94. The smallest absolute Gasteiger partial charge is 0.255 e. The number of tetrazole rings is 1. The number of benzene rings is 2. The summed E-state index contributed by atoms with van der Waals surface area (Å²) in [6.07, 6.45) is 0. The van der Waals surface area contributed by atoms with Crippen molar-refractivity contribution in [2.75, 3.05) is 17.4 Å². The highest BCUT2D eigenvalue weighted by Crippen LogP contribution is 2.40. The molecule has 3 aromatic rings. The van der Waals surface area contributed by atoms with Crippen LogP contribution < -0.4 is 20.1 Å². The van der Waals surface area contributed by atoms with Crippen LogP contribution in [-0.4, -0.2) is 32.9 Å². The molecule has 0 unspecified atom stereocenters. The third kappa shape index (κ3) is 3.05. The number of rotatable bonds is 3. The molecule has 0 saturated heterocycles. The lowest BCUT2D eigenvalue weighted by Crippen LogP contribution is -2.31. The van der Waals surface area contributed by atoms with E-state index in [0.29, 0.717) is 39.4 Å². The molecule has 29 heavy (non-hydrogen) atoms. The zero-order chi connectivity index (χ0) is 20.0. The van der Waals surface area contributed by atoms with Gasteiger partial charge in [-0.1, -0.05) is 22.8 Å². The number of ether oxygens (including phenoxy) is 2. The van der Waals surface area contributed by atoms with Crippen LogP contribution in [0.5, 0.6) is 11.5 Å². The SMILES string of the molecule is CC1=C(C(=O)Nc2ccc(Cl)cc2)[C@@H](c2ccc3c(c2)OCO3)n2nnnc2N1. The first-order valence-corrected chi connectivity index (χ1v) is 9.20. The van der Waals surface area contributed by atoms with Crippen LogP contribution in [0.1, 0.15) is 18.5 Å². The molecule has 3 heterocycles. The number of carbonyl (C=O) groups excluding carboxylic acids is 1. The fourth-order valence-electron chi connectivity index (χ4n) is 3.43. The molecule has 0 bridgehead atoms. The maximum absolute atomic E-state index is 13.2. The first-order chi connectivity index (χ1) is 14.1. The second-order valence-electron chi connectivity index (χ2n) is 6.59. The van der Waals surface area contributed by atoms with E-state index in [1.165, 1.54) is 0 Å². The van der Waals surface area contributed by atoms with Gasteiger partial charge in [0.1, 0.15) is 6.04 Å². The second kappa shape index (κ2) is 6.78. The summed E-state index contributed by atoms with van der Waals surface area (Å²) in [5, 5.41) is 18.4. The summed E-state index contributed by atoms with van der Waals surface area (Å²) in [5.41, 5.74) is 2.57. The van der Waals surface area contributed by atoms with Gasteiger partial charge in [0, 0.05) is 16.4 Å². The largest absolute Gasteiger partial charge is 0.454 e. The Morgan fingerprint density at radius 3 is 2.83 bits per heavy atom. The van der Waals surface area contributed by atoms with Crippen LogP contribution in [0.3, 0.4) is 0 Å². The van der Waals surface area contributed by atoms with Crippen molar-refractivity contribution >= 4 is 29.1 Å². The summed E-state index contributed by atoms with van der Waals surface area (Å²) in [5.74, 6) is 1.45. The molecular weight excluding hydrogens is 396 g/mol. The third-order valence-electron chi connectivity index (χ3n) is 4.77. The van der Waals surface area contributed by atoms with Crippen molar-refractivity contribution in [1.82, 2.24) is 20.2 Å². The summed E-state index contributed by atoms with van der Waals surface area (Å²) >= 11 is 5.93. The van der Waals surface area contributed by atoms with Crippen molar-refractivity contribution in [3.05, 3.63) is 64.3 Å². The molecule has 0 saturated carbocycles. The molecule has 2 aliphatic rings. The number of nitrogens with zero attached hydrogens (tertiary/aromatic N) is 4. The number of hydrogen-bond donors (Lipinski definition) is 2. The van der Waals surface area contributed by atoms with Crippen molar-refractivity contribution in [1.29, 1.82) is 0 Å². The number of nitrogens with one attached hydrogen (secondary N) is 2. The normalized spacial score (nSPS) is 17.0. The van der Waals surface area contributed by atoms with Crippen LogP contribution in [-0.2, 0) is 4.79 Å². The topological polar surface area (TPSA) is 103 Å². The Bertz CT molecular complexity index is 1140. The number of amides is 1. The van der Waals surface area contributed by atoms with Crippen molar-refractivity contribution in [2.45, 2.75) is 13.0 Å². The molecule has 2 aliphatic heterocycles. The molecule has 9 nitrogen and oxygen atoms in total. The number of aromatic nitrogens is 4. The van der Waals surface area contributed by atoms with Crippen LogP contribution in [0.15, 0.2) is 53.7 Å². The van der Waals surface area contributed by atoms with Crippen LogP contribution in [0.25, 0.3) is 0 Å². The van der Waals surface area contributed by atoms with Gasteiger partial charge < -0.3 is 20.1 Å². The fourth-order valence-corrected chi connectivity index (χ4v) is 3.56. The molecule has 0 radical (unpaired) electrons. The summed E-state index contributed by atoms with van der Waals surface area (Å²) in [6.45, 7) is 1.98. The first-order valence-electron chi connectivity index (χ1n) is 8.82. The second-order valence-corrected chi connectivity index (χ2v) is 7.02. The molecule has 0 aliphatic carbocycles. The number of halogens is 1. The summed E-state index contributed by atoms with van der Waals surface area (Å²) in [6, 6.07) is 11.9. The molecule has 2 N–H and O–H groups in total. The molecule has 1 amide bonds. The standard InChI is InChI=1S/C19H15ClN6O3/c1-10-16(18(27)22-13-5-3-12(20)4-6-13)17(26-19(21-10)23-24-25-26)11-2-7-14-15(8-11)29-9-28-14/h2-8,17H,9H2,1H3,(H,22,27)(H,21,23,25)/t17-/m1/s1. The highest BCUT2D eigenvalue weighted by Gasteiger charge is 2.35. The number of carbonyl (C=O) groups is 1. The maximum Gasteiger partial charge on any atom is 0.255 e. The lowest BCUT2D eigenvalue weighted by Gasteiger charge is -2.28. The van der Waals surface area contributed by atoms with Gasteiger partial charge in [-0.25, -0.2) is 0 Å². The Labute approximate surface area is 170 Å². The van der Waals surface area contributed by atoms with Crippen LogP contribution >= 0.6 is 11.6 Å². The van der Waals surface area contributed by atoms with E-state index in [1.807, 2.05) is 25.1 Å². The molecule has 1 aromatic heterocycles. The average molecular weight is 411 g/mol. The van der Waals surface area contributed by atoms with Gasteiger partial charge in [-0.05, 0) is 59.3 Å². The van der Waals surface area contributed by atoms with E-state index in [9.17, 15) is 4.79 Å². The summed E-state index contributed by atoms with van der Waals surface area (Å²) in [4.78, 5) is 13.2. The Morgan fingerprint density at radius 1 is 1.21 bits per heavy atom. The van der Waals surface area contributed by atoms with E-state index in [2.05, 4.69) is 26.2 Å². The molecule has 146 valence electrons. The monoisotopic (exact) mass is 410 g/mol. The number of fused-ring (bicyclic) bond motifs is 2. The third-order valence-corrected chi connectivity index (χ3v) is 5.03. The van der Waals surface area contributed by atoms with Gasteiger partial charge in [0.25, 0.3) is 5.91 Å². The number of hydrogen-bond acceptors (Lipinski definition) is 7. The van der Waals surface area contributed by atoms with Crippen molar-refractivity contribution in [3.8, 4) is 11.5 Å². The van der Waals surface area contributed by atoms with E-state index in [-0.39, 0.29) is 12.7 Å². The predicted octanol–water partition coefficient (Wildman–Crippen LogP) is 2.98. The predicted molar refractivity (Wildman–Crippen MR) is 105 cm³/mol. The van der Waals surface area contributed by atoms with Gasteiger partial charge >= 0.3 is 0 Å². The Balaban J connectivity index is 1.56. The van der Waals surface area contributed by atoms with Crippen molar-refractivity contribution < 1.29 is 14.3 Å². The number of anilines is 2. The maximum atomic E-state index is 13.2. The first kappa shape index (κ1) is 17.5. The van der Waals surface area contributed by atoms with Crippen molar-refractivity contribution in [2.24, 2.45) is 0 Å². The minimum atomic E-state index is -0.539. The molecule has 5 rings (SSSR count). The quantitative estimate of drug-likeness (QED) is 0.684. The van der Waals surface area contributed by atoms with Crippen molar-refractivity contribution in [3.63, 3.8) is 0 Å². The molecule has 10 heteroatoms. The van der Waals surface area contributed by atoms with Gasteiger partial charge in [-0.15, -0.1) is 0 Å².